The van der Waals surface area contributed by atoms with Gasteiger partial charge < -0.3 is 19.8 Å². The van der Waals surface area contributed by atoms with Gasteiger partial charge in [-0.3, -0.25) is 9.59 Å². The topological polar surface area (TPSA) is 87.1 Å². The average Bonchev–Trinajstić information content (AvgIpc) is 2.48. The molecule has 108 valence electrons. The molecule has 1 aliphatic heterocycles. The summed E-state index contributed by atoms with van der Waals surface area (Å²) in [5.74, 6) is -1.19. The maximum absolute atomic E-state index is 12.2. The van der Waals surface area contributed by atoms with E-state index in [9.17, 15) is 19.8 Å². The zero-order valence-corrected chi connectivity index (χ0v) is 11.2. The van der Waals surface area contributed by atoms with Gasteiger partial charge >= 0.3 is 5.97 Å². The fourth-order valence-corrected chi connectivity index (χ4v) is 2.32. The van der Waals surface area contributed by atoms with Gasteiger partial charge in [0.15, 0.2) is 11.5 Å². The van der Waals surface area contributed by atoms with Crippen LogP contribution in [0.3, 0.4) is 0 Å². The van der Waals surface area contributed by atoms with Gasteiger partial charge in [-0.15, -0.1) is 0 Å². The number of carbonyl (C=O) groups excluding carboxylic acids is 2. The maximum atomic E-state index is 12.2. The SMILES string of the molecule is COC(=O)C1CCN(C(=O)c2ccc(O)c(O)c2)CC1. The normalized spacial score (nSPS) is 15.9. The number of piperidine rings is 1. The second-order valence-corrected chi connectivity index (χ2v) is 4.79. The van der Waals surface area contributed by atoms with E-state index in [0.717, 1.165) is 0 Å². The molecule has 0 saturated carbocycles. The van der Waals surface area contributed by atoms with E-state index in [4.69, 9.17) is 4.74 Å². The highest BCUT2D eigenvalue weighted by molar-refractivity contribution is 5.95. The van der Waals surface area contributed by atoms with Crippen LogP contribution in [0.1, 0.15) is 23.2 Å². The van der Waals surface area contributed by atoms with Crippen LogP contribution in [0.4, 0.5) is 0 Å². The van der Waals surface area contributed by atoms with Gasteiger partial charge in [-0.1, -0.05) is 0 Å². The molecule has 0 atom stereocenters. The van der Waals surface area contributed by atoms with Gasteiger partial charge in [0.05, 0.1) is 13.0 Å². The summed E-state index contributed by atoms with van der Waals surface area (Å²) in [6.45, 7) is 0.945. The molecule has 1 heterocycles. The summed E-state index contributed by atoms with van der Waals surface area (Å²) in [5, 5.41) is 18.6. The Hall–Kier alpha value is -2.24. The third kappa shape index (κ3) is 2.84. The number of ether oxygens (including phenoxy) is 1. The summed E-state index contributed by atoms with van der Waals surface area (Å²) in [4.78, 5) is 25.3. The first-order valence-electron chi connectivity index (χ1n) is 6.42. The molecule has 1 amide bonds. The molecule has 0 spiro atoms. The summed E-state index contributed by atoms with van der Waals surface area (Å²) < 4.78 is 4.70. The van der Waals surface area contributed by atoms with Crippen molar-refractivity contribution in [1.29, 1.82) is 0 Å². The first-order chi connectivity index (χ1) is 9.52. The highest BCUT2D eigenvalue weighted by Crippen LogP contribution is 2.26. The highest BCUT2D eigenvalue weighted by atomic mass is 16.5. The second kappa shape index (κ2) is 5.81. The molecule has 0 aromatic heterocycles. The number of rotatable bonds is 2. The Morgan fingerprint density at radius 3 is 2.40 bits per heavy atom. The number of carbonyl (C=O) groups is 2. The van der Waals surface area contributed by atoms with E-state index >= 15 is 0 Å². The van der Waals surface area contributed by atoms with Crippen molar-refractivity contribution in [3.05, 3.63) is 23.8 Å². The van der Waals surface area contributed by atoms with Crippen LogP contribution in [0.15, 0.2) is 18.2 Å². The molecule has 0 bridgehead atoms. The number of benzene rings is 1. The number of hydrogen-bond donors (Lipinski definition) is 2. The maximum Gasteiger partial charge on any atom is 0.308 e. The number of nitrogens with zero attached hydrogens (tertiary/aromatic N) is 1. The van der Waals surface area contributed by atoms with Crippen molar-refractivity contribution >= 4 is 11.9 Å². The van der Waals surface area contributed by atoms with Crippen LogP contribution in [-0.4, -0.2) is 47.2 Å². The predicted octanol–water partition coefficient (Wildman–Crippen LogP) is 1.12. The van der Waals surface area contributed by atoms with Crippen LogP contribution >= 0.6 is 0 Å². The smallest absolute Gasteiger partial charge is 0.308 e. The van der Waals surface area contributed by atoms with Crippen LogP contribution in [0, 0.1) is 5.92 Å². The Morgan fingerprint density at radius 1 is 1.20 bits per heavy atom. The molecular weight excluding hydrogens is 262 g/mol. The Labute approximate surface area is 116 Å². The van der Waals surface area contributed by atoms with E-state index in [0.29, 0.717) is 31.5 Å². The van der Waals surface area contributed by atoms with E-state index in [1.54, 1.807) is 4.90 Å². The molecule has 2 rings (SSSR count). The summed E-state index contributed by atoms with van der Waals surface area (Å²) in [6, 6.07) is 3.98. The second-order valence-electron chi connectivity index (χ2n) is 4.79. The van der Waals surface area contributed by atoms with Crippen molar-refractivity contribution in [2.75, 3.05) is 20.2 Å². The Kier molecular flexibility index (Phi) is 4.12. The Bertz CT molecular complexity index is 520. The van der Waals surface area contributed by atoms with Gasteiger partial charge in [-0.2, -0.15) is 0 Å². The Morgan fingerprint density at radius 2 is 1.85 bits per heavy atom. The monoisotopic (exact) mass is 279 g/mol. The van der Waals surface area contributed by atoms with Crippen LogP contribution in [0.2, 0.25) is 0 Å². The fraction of sp³-hybridized carbons (Fsp3) is 0.429. The number of aromatic hydroxyl groups is 2. The van der Waals surface area contributed by atoms with Crippen LogP contribution in [-0.2, 0) is 9.53 Å². The molecule has 6 nitrogen and oxygen atoms in total. The largest absolute Gasteiger partial charge is 0.504 e. The summed E-state index contributed by atoms with van der Waals surface area (Å²) in [5.41, 5.74) is 0.316. The van der Waals surface area contributed by atoms with Crippen LogP contribution in [0.5, 0.6) is 11.5 Å². The molecule has 20 heavy (non-hydrogen) atoms. The number of esters is 1. The lowest BCUT2D eigenvalue weighted by Gasteiger charge is -2.30. The van der Waals surface area contributed by atoms with Crippen molar-refractivity contribution in [2.45, 2.75) is 12.8 Å². The molecular formula is C14H17NO5. The minimum atomic E-state index is -0.319. The lowest BCUT2D eigenvalue weighted by atomic mass is 9.96. The summed E-state index contributed by atoms with van der Waals surface area (Å²) >= 11 is 0. The molecule has 1 aromatic carbocycles. The summed E-state index contributed by atoms with van der Waals surface area (Å²) in [6.07, 6.45) is 1.14. The number of amides is 1. The molecule has 1 aliphatic rings. The highest BCUT2D eigenvalue weighted by Gasteiger charge is 2.28. The minimum absolute atomic E-state index is 0.155. The molecule has 6 heteroatoms. The number of methoxy groups -OCH3 is 1. The van der Waals surface area contributed by atoms with Gasteiger partial charge in [0.2, 0.25) is 0 Å². The quantitative estimate of drug-likeness (QED) is 0.626. The average molecular weight is 279 g/mol. The van der Waals surface area contributed by atoms with Crippen molar-refractivity contribution in [3.63, 3.8) is 0 Å². The Balaban J connectivity index is 2.01. The van der Waals surface area contributed by atoms with Crippen molar-refractivity contribution in [3.8, 4) is 11.5 Å². The molecule has 2 N–H and O–H groups in total. The van der Waals surface area contributed by atoms with E-state index < -0.39 is 0 Å². The van der Waals surface area contributed by atoms with Crippen LogP contribution in [0.25, 0.3) is 0 Å². The number of hydrogen-bond acceptors (Lipinski definition) is 5. The van der Waals surface area contributed by atoms with E-state index in [-0.39, 0.29) is 29.3 Å². The van der Waals surface area contributed by atoms with Gasteiger partial charge in [0.25, 0.3) is 5.91 Å². The standard InChI is InChI=1S/C14H17NO5/c1-20-14(19)9-4-6-15(7-5-9)13(18)10-2-3-11(16)12(17)8-10/h2-3,8-9,16-17H,4-7H2,1H3. The van der Waals surface area contributed by atoms with Crippen molar-refractivity contribution in [1.82, 2.24) is 4.90 Å². The van der Waals surface area contributed by atoms with Gasteiger partial charge in [-0.05, 0) is 31.0 Å². The van der Waals surface area contributed by atoms with Crippen molar-refractivity contribution < 1.29 is 24.5 Å². The third-order valence-electron chi connectivity index (χ3n) is 3.54. The first kappa shape index (κ1) is 14.2. The molecule has 1 saturated heterocycles. The lowest BCUT2D eigenvalue weighted by molar-refractivity contribution is -0.146. The molecule has 1 fully saturated rings. The molecule has 0 aliphatic carbocycles. The van der Waals surface area contributed by atoms with E-state index in [2.05, 4.69) is 0 Å². The minimum Gasteiger partial charge on any atom is -0.504 e. The van der Waals surface area contributed by atoms with Crippen molar-refractivity contribution in [2.24, 2.45) is 5.92 Å². The van der Waals surface area contributed by atoms with E-state index in [1.165, 1.54) is 25.3 Å². The van der Waals surface area contributed by atoms with E-state index in [1.807, 2.05) is 0 Å². The molecule has 0 unspecified atom stereocenters. The lowest BCUT2D eigenvalue weighted by Crippen LogP contribution is -2.40. The summed E-state index contributed by atoms with van der Waals surface area (Å²) in [7, 11) is 1.36. The zero-order valence-electron chi connectivity index (χ0n) is 11.2. The van der Waals surface area contributed by atoms with Gasteiger partial charge in [0.1, 0.15) is 0 Å². The molecule has 0 radical (unpaired) electrons. The third-order valence-corrected chi connectivity index (χ3v) is 3.54. The number of likely N-dealkylation sites (tertiary alicyclic amines) is 1. The number of phenolic OH excluding ortho intramolecular Hbond substituents is 2. The molecule has 1 aromatic rings. The fourth-order valence-electron chi connectivity index (χ4n) is 2.32. The zero-order chi connectivity index (χ0) is 14.7. The number of phenols is 2. The van der Waals surface area contributed by atoms with Crippen LogP contribution < -0.4 is 0 Å². The predicted molar refractivity (Wildman–Crippen MR) is 70.4 cm³/mol. The first-order valence-corrected chi connectivity index (χ1v) is 6.42. The van der Waals surface area contributed by atoms with Gasteiger partial charge in [-0.25, -0.2) is 0 Å². The van der Waals surface area contributed by atoms with Gasteiger partial charge in [0, 0.05) is 18.7 Å².